The van der Waals surface area contributed by atoms with Gasteiger partial charge in [0.2, 0.25) is 0 Å². The summed E-state index contributed by atoms with van der Waals surface area (Å²) >= 11 is 0. The highest BCUT2D eigenvalue weighted by molar-refractivity contribution is 5.89. The van der Waals surface area contributed by atoms with Crippen molar-refractivity contribution in [2.24, 2.45) is 5.41 Å². The van der Waals surface area contributed by atoms with Gasteiger partial charge in [0.25, 0.3) is 0 Å². The molecule has 0 spiro atoms. The lowest BCUT2D eigenvalue weighted by molar-refractivity contribution is -0.127. The molecule has 1 aliphatic heterocycles. The quantitative estimate of drug-likeness (QED) is 0.786. The highest BCUT2D eigenvalue weighted by Gasteiger charge is 2.33. The van der Waals surface area contributed by atoms with Crippen LogP contribution in [0.3, 0.4) is 0 Å². The Kier molecular flexibility index (Phi) is 3.09. The Bertz CT molecular complexity index is 426. The van der Waals surface area contributed by atoms with Crippen LogP contribution >= 0.6 is 0 Å². The van der Waals surface area contributed by atoms with Crippen LogP contribution in [0, 0.1) is 5.41 Å². The van der Waals surface area contributed by atoms with Gasteiger partial charge in [-0.15, -0.1) is 0 Å². The number of Topliss-reactive ketones (excluding diaryl/α,β-unsaturated/α-hetero) is 1. The molecule has 1 aromatic carbocycles. The highest BCUT2D eigenvalue weighted by Crippen LogP contribution is 2.30. The summed E-state index contributed by atoms with van der Waals surface area (Å²) in [5.74, 6) is 1.14. The standard InChI is InChI=1S/C14H19NO2/c1-14(2)7-8-15(10-13(14)16)11-5-4-6-12(9-11)17-3/h4-6,9H,7-8,10H2,1-3H3. The number of carbonyl (C=O) groups is 1. The molecule has 0 aromatic heterocycles. The van der Waals surface area contributed by atoms with Crippen molar-refractivity contribution in [1.29, 1.82) is 0 Å². The molecule has 17 heavy (non-hydrogen) atoms. The minimum absolute atomic E-state index is 0.171. The lowest BCUT2D eigenvalue weighted by Crippen LogP contribution is -2.45. The second-order valence-corrected chi connectivity index (χ2v) is 5.18. The number of hydrogen-bond acceptors (Lipinski definition) is 3. The number of piperidine rings is 1. The van der Waals surface area contributed by atoms with Crippen molar-refractivity contribution < 1.29 is 9.53 Å². The molecule has 1 aromatic rings. The highest BCUT2D eigenvalue weighted by atomic mass is 16.5. The zero-order valence-corrected chi connectivity index (χ0v) is 10.7. The van der Waals surface area contributed by atoms with Gasteiger partial charge >= 0.3 is 0 Å². The van der Waals surface area contributed by atoms with E-state index in [1.807, 2.05) is 38.1 Å². The van der Waals surface area contributed by atoms with E-state index in [1.54, 1.807) is 7.11 Å². The lowest BCUT2D eigenvalue weighted by Gasteiger charge is -2.36. The minimum atomic E-state index is -0.171. The number of ketones is 1. The molecule has 2 rings (SSSR count). The number of methoxy groups -OCH3 is 1. The Hall–Kier alpha value is -1.51. The topological polar surface area (TPSA) is 29.5 Å². The second kappa shape index (κ2) is 4.40. The van der Waals surface area contributed by atoms with Crippen LogP contribution in [0.4, 0.5) is 5.69 Å². The maximum atomic E-state index is 12.0. The van der Waals surface area contributed by atoms with Crippen LogP contribution in [0.1, 0.15) is 20.3 Å². The third-order valence-corrected chi connectivity index (χ3v) is 3.51. The fraction of sp³-hybridized carbons (Fsp3) is 0.500. The van der Waals surface area contributed by atoms with Crippen molar-refractivity contribution in [2.45, 2.75) is 20.3 Å². The van der Waals surface area contributed by atoms with Crippen molar-refractivity contribution in [3.05, 3.63) is 24.3 Å². The normalized spacial score (nSPS) is 19.2. The molecule has 1 aliphatic rings. The molecule has 0 saturated carbocycles. The summed E-state index contributed by atoms with van der Waals surface area (Å²) in [5.41, 5.74) is 0.892. The minimum Gasteiger partial charge on any atom is -0.497 e. The molecule has 3 nitrogen and oxygen atoms in total. The third kappa shape index (κ3) is 2.43. The summed E-state index contributed by atoms with van der Waals surface area (Å²) in [6, 6.07) is 7.87. The fourth-order valence-corrected chi connectivity index (χ4v) is 2.05. The largest absolute Gasteiger partial charge is 0.497 e. The van der Waals surface area contributed by atoms with E-state index < -0.39 is 0 Å². The second-order valence-electron chi connectivity index (χ2n) is 5.18. The van der Waals surface area contributed by atoms with Gasteiger partial charge in [-0.1, -0.05) is 19.9 Å². The molecule has 0 amide bonds. The lowest BCUT2D eigenvalue weighted by atomic mass is 9.81. The smallest absolute Gasteiger partial charge is 0.157 e. The van der Waals surface area contributed by atoms with E-state index in [4.69, 9.17) is 4.74 Å². The number of anilines is 1. The molecule has 0 bridgehead atoms. The summed E-state index contributed by atoms with van der Waals surface area (Å²) in [6.07, 6.45) is 0.906. The molecule has 0 unspecified atom stereocenters. The molecule has 1 heterocycles. The Morgan fingerprint density at radius 1 is 1.35 bits per heavy atom. The van der Waals surface area contributed by atoms with Crippen LogP contribution in [-0.4, -0.2) is 26.0 Å². The number of rotatable bonds is 2. The van der Waals surface area contributed by atoms with Crippen LogP contribution < -0.4 is 9.64 Å². The molecular weight excluding hydrogens is 214 g/mol. The van der Waals surface area contributed by atoms with Gasteiger partial charge in [0, 0.05) is 23.7 Å². The van der Waals surface area contributed by atoms with Gasteiger partial charge in [-0.25, -0.2) is 0 Å². The van der Waals surface area contributed by atoms with Gasteiger partial charge in [-0.2, -0.15) is 0 Å². The molecule has 0 N–H and O–H groups in total. The van der Waals surface area contributed by atoms with Crippen LogP contribution in [0.25, 0.3) is 0 Å². The number of benzene rings is 1. The van der Waals surface area contributed by atoms with Gasteiger partial charge in [-0.3, -0.25) is 4.79 Å². The van der Waals surface area contributed by atoms with Crippen LogP contribution in [0.15, 0.2) is 24.3 Å². The van der Waals surface area contributed by atoms with Crippen LogP contribution in [0.2, 0.25) is 0 Å². The van der Waals surface area contributed by atoms with Gasteiger partial charge in [-0.05, 0) is 18.6 Å². The number of nitrogens with zero attached hydrogens (tertiary/aromatic N) is 1. The summed E-state index contributed by atoms with van der Waals surface area (Å²) in [5, 5.41) is 0. The molecule has 92 valence electrons. The molecule has 3 heteroatoms. The van der Waals surface area contributed by atoms with Crippen LogP contribution in [-0.2, 0) is 4.79 Å². The van der Waals surface area contributed by atoms with E-state index in [-0.39, 0.29) is 5.41 Å². The molecule has 0 atom stereocenters. The average Bonchev–Trinajstić information content (AvgIpc) is 2.33. The summed E-state index contributed by atoms with van der Waals surface area (Å²) in [7, 11) is 1.66. The first-order valence-corrected chi connectivity index (χ1v) is 5.95. The Balaban J connectivity index is 2.16. The predicted molar refractivity (Wildman–Crippen MR) is 68.6 cm³/mol. The number of carbonyl (C=O) groups excluding carboxylic acids is 1. The van der Waals surface area contributed by atoms with Crippen molar-refractivity contribution >= 4 is 11.5 Å². The van der Waals surface area contributed by atoms with Gasteiger partial charge in [0.1, 0.15) is 5.75 Å². The number of hydrogen-bond donors (Lipinski definition) is 0. The molecule has 1 saturated heterocycles. The van der Waals surface area contributed by atoms with E-state index in [0.29, 0.717) is 12.3 Å². The van der Waals surface area contributed by atoms with Crippen molar-refractivity contribution in [1.82, 2.24) is 0 Å². The Morgan fingerprint density at radius 2 is 2.12 bits per heavy atom. The molecule has 1 fully saturated rings. The Labute approximate surface area is 102 Å². The van der Waals surface area contributed by atoms with E-state index in [0.717, 1.165) is 24.4 Å². The monoisotopic (exact) mass is 233 g/mol. The number of ether oxygens (including phenoxy) is 1. The Morgan fingerprint density at radius 3 is 2.76 bits per heavy atom. The maximum Gasteiger partial charge on any atom is 0.157 e. The van der Waals surface area contributed by atoms with Gasteiger partial charge in [0.05, 0.1) is 13.7 Å². The first kappa shape index (κ1) is 12.0. The fourth-order valence-electron chi connectivity index (χ4n) is 2.05. The van der Waals surface area contributed by atoms with Crippen molar-refractivity contribution in [3.63, 3.8) is 0 Å². The molecule has 0 aliphatic carbocycles. The van der Waals surface area contributed by atoms with E-state index in [9.17, 15) is 4.79 Å². The first-order valence-electron chi connectivity index (χ1n) is 5.95. The predicted octanol–water partition coefficient (Wildman–Crippen LogP) is 2.50. The molecular formula is C14H19NO2. The molecule has 0 radical (unpaired) electrons. The summed E-state index contributed by atoms with van der Waals surface area (Å²) < 4.78 is 5.20. The maximum absolute atomic E-state index is 12.0. The summed E-state index contributed by atoms with van der Waals surface area (Å²) in [6.45, 7) is 5.47. The van der Waals surface area contributed by atoms with Crippen molar-refractivity contribution in [3.8, 4) is 5.75 Å². The SMILES string of the molecule is COc1cccc(N2CCC(C)(C)C(=O)C2)c1. The van der Waals surface area contributed by atoms with E-state index in [1.165, 1.54) is 0 Å². The zero-order valence-electron chi connectivity index (χ0n) is 10.7. The van der Waals surface area contributed by atoms with Crippen molar-refractivity contribution in [2.75, 3.05) is 25.1 Å². The van der Waals surface area contributed by atoms with Gasteiger partial charge in [0.15, 0.2) is 5.78 Å². The summed E-state index contributed by atoms with van der Waals surface area (Å²) in [4.78, 5) is 14.1. The van der Waals surface area contributed by atoms with Gasteiger partial charge < -0.3 is 9.64 Å². The average molecular weight is 233 g/mol. The van der Waals surface area contributed by atoms with Crippen LogP contribution in [0.5, 0.6) is 5.75 Å². The van der Waals surface area contributed by atoms with E-state index >= 15 is 0 Å². The zero-order chi connectivity index (χ0) is 12.5. The van der Waals surface area contributed by atoms with E-state index in [2.05, 4.69) is 4.90 Å². The first-order chi connectivity index (χ1) is 8.03. The third-order valence-electron chi connectivity index (χ3n) is 3.51.